The highest BCUT2D eigenvalue weighted by Gasteiger charge is 2.30. The van der Waals surface area contributed by atoms with Gasteiger partial charge >= 0.3 is 17.6 Å². The van der Waals surface area contributed by atoms with E-state index in [1.165, 1.54) is 38.7 Å². The zero-order valence-electron chi connectivity index (χ0n) is 19.6. The Labute approximate surface area is 205 Å². The number of ether oxygens (including phenoxy) is 2. The smallest absolute Gasteiger partial charge is 0.353 e. The predicted octanol–water partition coefficient (Wildman–Crippen LogP) is 2.42. The normalized spacial score (nSPS) is 13.2. The number of hydrogen-bond donors (Lipinski definition) is 1. The van der Waals surface area contributed by atoms with Crippen LogP contribution in [0.5, 0.6) is 0 Å². The van der Waals surface area contributed by atoms with Crippen molar-refractivity contribution in [3.8, 4) is 0 Å². The fourth-order valence-corrected chi connectivity index (χ4v) is 3.86. The third kappa shape index (κ3) is 5.14. The fourth-order valence-electron chi connectivity index (χ4n) is 3.86. The summed E-state index contributed by atoms with van der Waals surface area (Å²) in [6.07, 6.45) is 2.94. The molecule has 0 spiro atoms. The van der Waals surface area contributed by atoms with E-state index >= 15 is 0 Å². The average molecular weight is 493 g/mol. The minimum Gasteiger partial charge on any atom is -0.465 e. The second kappa shape index (κ2) is 10.6. The maximum absolute atomic E-state index is 12.1. The lowest BCUT2D eigenvalue weighted by molar-refractivity contribution is -0.383. The van der Waals surface area contributed by atoms with E-state index in [1.54, 1.807) is 6.20 Å². The zero-order valence-corrected chi connectivity index (χ0v) is 19.6. The van der Waals surface area contributed by atoms with Crippen LogP contribution < -0.4 is 15.1 Å². The number of piperazine rings is 1. The van der Waals surface area contributed by atoms with Crippen LogP contribution in [0.2, 0.25) is 0 Å². The molecule has 2 aromatic heterocycles. The van der Waals surface area contributed by atoms with Crippen LogP contribution >= 0.6 is 0 Å². The third-order valence-electron chi connectivity index (χ3n) is 5.58. The molecule has 1 aromatic carbocycles. The molecule has 0 bridgehead atoms. The van der Waals surface area contributed by atoms with Crippen molar-refractivity contribution in [2.24, 2.45) is 0 Å². The maximum Gasteiger partial charge on any atom is 0.353 e. The number of hydrogen-bond acceptors (Lipinski definition) is 12. The van der Waals surface area contributed by atoms with Gasteiger partial charge in [-0.25, -0.2) is 24.5 Å². The molecule has 36 heavy (non-hydrogen) atoms. The lowest BCUT2D eigenvalue weighted by Crippen LogP contribution is -2.47. The van der Waals surface area contributed by atoms with Crippen LogP contribution in [-0.2, 0) is 9.47 Å². The zero-order chi connectivity index (χ0) is 25.7. The predicted molar refractivity (Wildman–Crippen MR) is 130 cm³/mol. The number of carbonyl (C=O) groups is 2. The monoisotopic (exact) mass is 493 g/mol. The van der Waals surface area contributed by atoms with Crippen LogP contribution in [0.1, 0.15) is 20.7 Å². The van der Waals surface area contributed by atoms with E-state index in [0.717, 1.165) is 5.82 Å². The van der Waals surface area contributed by atoms with Crippen molar-refractivity contribution < 1.29 is 24.0 Å². The number of pyridine rings is 1. The molecule has 1 fully saturated rings. The van der Waals surface area contributed by atoms with Crippen LogP contribution in [0.25, 0.3) is 0 Å². The number of nitrogens with zero attached hydrogens (tertiary/aromatic N) is 6. The third-order valence-corrected chi connectivity index (χ3v) is 5.58. The number of carbonyl (C=O) groups excluding carboxylic acids is 2. The second-order valence-electron chi connectivity index (χ2n) is 7.72. The molecule has 3 aromatic rings. The van der Waals surface area contributed by atoms with Crippen molar-refractivity contribution in [2.45, 2.75) is 0 Å². The molecule has 1 aliphatic heterocycles. The summed E-state index contributed by atoms with van der Waals surface area (Å²) >= 11 is 0. The first-order valence-electron chi connectivity index (χ1n) is 10.9. The molecule has 4 rings (SSSR count). The molecule has 3 heterocycles. The van der Waals surface area contributed by atoms with Gasteiger partial charge in [-0.15, -0.1) is 0 Å². The molecular weight excluding hydrogens is 470 g/mol. The van der Waals surface area contributed by atoms with E-state index in [2.05, 4.69) is 25.2 Å². The second-order valence-corrected chi connectivity index (χ2v) is 7.72. The number of nitrogens with one attached hydrogen (secondary N) is 1. The molecular formula is C23H23N7O6. The van der Waals surface area contributed by atoms with Gasteiger partial charge in [0.15, 0.2) is 0 Å². The van der Waals surface area contributed by atoms with Crippen LogP contribution in [-0.4, -0.2) is 72.2 Å². The van der Waals surface area contributed by atoms with Gasteiger partial charge in [-0.1, -0.05) is 6.07 Å². The molecule has 186 valence electrons. The average Bonchev–Trinajstić information content (AvgIpc) is 2.92. The summed E-state index contributed by atoms with van der Waals surface area (Å²) < 4.78 is 9.49. The number of anilines is 4. The summed E-state index contributed by atoms with van der Waals surface area (Å²) in [6.45, 7) is 2.17. The van der Waals surface area contributed by atoms with Crippen molar-refractivity contribution in [2.75, 3.05) is 55.5 Å². The molecule has 1 saturated heterocycles. The SMILES string of the molecule is COC(=O)c1cc(Nc2ncnc(N3CCN(c4ccccn4)CC3)c2[N+](=O)[O-])cc(C(=O)OC)c1. The van der Waals surface area contributed by atoms with Crippen LogP contribution in [0.15, 0.2) is 48.9 Å². The van der Waals surface area contributed by atoms with E-state index in [4.69, 9.17) is 9.47 Å². The van der Waals surface area contributed by atoms with E-state index < -0.39 is 16.9 Å². The Morgan fingerprint density at radius 2 is 1.58 bits per heavy atom. The summed E-state index contributed by atoms with van der Waals surface area (Å²) in [5.74, 6) is -0.464. The highest BCUT2D eigenvalue weighted by molar-refractivity contribution is 5.97. The summed E-state index contributed by atoms with van der Waals surface area (Å²) in [7, 11) is 2.41. The molecule has 1 N–H and O–H groups in total. The first-order chi connectivity index (χ1) is 17.4. The minimum atomic E-state index is -0.688. The van der Waals surface area contributed by atoms with Gasteiger partial charge < -0.3 is 24.6 Å². The van der Waals surface area contributed by atoms with Gasteiger partial charge in [-0.3, -0.25) is 10.1 Å². The Balaban J connectivity index is 1.63. The summed E-state index contributed by atoms with van der Waals surface area (Å²) in [5, 5.41) is 14.9. The van der Waals surface area contributed by atoms with Gasteiger partial charge in [0.2, 0.25) is 11.6 Å². The minimum absolute atomic E-state index is 0.0606. The van der Waals surface area contributed by atoms with E-state index in [9.17, 15) is 19.7 Å². The summed E-state index contributed by atoms with van der Waals surface area (Å²) in [6, 6.07) is 9.76. The first kappa shape index (κ1) is 24.3. The van der Waals surface area contributed by atoms with Gasteiger partial charge in [0, 0.05) is 38.1 Å². The number of methoxy groups -OCH3 is 2. The Morgan fingerprint density at radius 3 is 2.14 bits per heavy atom. The summed E-state index contributed by atoms with van der Waals surface area (Å²) in [4.78, 5) is 52.2. The Morgan fingerprint density at radius 1 is 0.944 bits per heavy atom. The maximum atomic E-state index is 12.1. The van der Waals surface area contributed by atoms with E-state index in [-0.39, 0.29) is 34.1 Å². The molecule has 0 unspecified atom stereocenters. The van der Waals surface area contributed by atoms with Gasteiger partial charge in [0.1, 0.15) is 12.1 Å². The van der Waals surface area contributed by atoms with Gasteiger partial charge in [0.05, 0.1) is 30.3 Å². The first-order valence-corrected chi connectivity index (χ1v) is 10.9. The number of benzene rings is 1. The lowest BCUT2D eigenvalue weighted by atomic mass is 10.1. The van der Waals surface area contributed by atoms with Crippen LogP contribution in [0.4, 0.5) is 28.8 Å². The van der Waals surface area contributed by atoms with Crippen molar-refractivity contribution in [1.29, 1.82) is 0 Å². The molecule has 1 aliphatic rings. The van der Waals surface area contributed by atoms with Crippen molar-refractivity contribution in [3.05, 3.63) is 70.2 Å². The Kier molecular flexibility index (Phi) is 7.18. The van der Waals surface area contributed by atoms with Crippen LogP contribution in [0.3, 0.4) is 0 Å². The molecule has 13 heteroatoms. The van der Waals surface area contributed by atoms with Crippen LogP contribution in [0, 0.1) is 10.1 Å². The summed E-state index contributed by atoms with van der Waals surface area (Å²) in [5.41, 5.74) is 0.00819. The lowest BCUT2D eigenvalue weighted by Gasteiger charge is -2.35. The Hall–Kier alpha value is -4.81. The number of esters is 2. The standard InChI is InChI=1S/C23H23N7O6/c1-35-22(31)15-11-16(23(32)36-2)13-17(12-15)27-20-19(30(33)34)21(26-14-25-20)29-9-7-28(8-10-29)18-5-3-4-6-24-18/h3-6,11-14H,7-10H2,1-2H3,(H,25,26,27). The van der Waals surface area contributed by atoms with Gasteiger partial charge in [-0.05, 0) is 30.3 Å². The van der Waals surface area contributed by atoms with Gasteiger partial charge in [0.25, 0.3) is 0 Å². The number of rotatable bonds is 7. The molecule has 0 saturated carbocycles. The molecule has 0 amide bonds. The quantitative estimate of drug-likeness (QED) is 0.292. The topological polar surface area (TPSA) is 153 Å². The van der Waals surface area contributed by atoms with E-state index in [0.29, 0.717) is 26.2 Å². The Bertz CT molecular complexity index is 1240. The van der Waals surface area contributed by atoms with Crippen molar-refractivity contribution in [3.63, 3.8) is 0 Å². The largest absolute Gasteiger partial charge is 0.465 e. The molecule has 0 radical (unpaired) electrons. The molecule has 0 atom stereocenters. The molecule has 0 aliphatic carbocycles. The number of aromatic nitrogens is 3. The van der Waals surface area contributed by atoms with Crippen molar-refractivity contribution >= 4 is 40.8 Å². The van der Waals surface area contributed by atoms with Gasteiger partial charge in [-0.2, -0.15) is 0 Å². The number of nitro groups is 1. The highest BCUT2D eigenvalue weighted by Crippen LogP contribution is 2.34. The van der Waals surface area contributed by atoms with Crippen molar-refractivity contribution in [1.82, 2.24) is 15.0 Å². The van der Waals surface area contributed by atoms with E-state index in [1.807, 2.05) is 23.1 Å². The fraction of sp³-hybridized carbons (Fsp3) is 0.261. The highest BCUT2D eigenvalue weighted by atomic mass is 16.6. The molecule has 13 nitrogen and oxygen atoms in total.